The first-order valence-electron chi connectivity index (χ1n) is 10.2. The van der Waals surface area contributed by atoms with Crippen LogP contribution < -0.4 is 4.74 Å². The summed E-state index contributed by atoms with van der Waals surface area (Å²) in [4.78, 5) is 15.0. The summed E-state index contributed by atoms with van der Waals surface area (Å²) in [5, 5.41) is 9.15. The molecule has 0 saturated carbocycles. The lowest BCUT2D eigenvalue weighted by atomic mass is 10.2. The molecule has 4 aromatic rings. The molecule has 0 atom stereocenters. The number of carbonyl (C=O) groups excluding carboxylic acids is 1. The summed E-state index contributed by atoms with van der Waals surface area (Å²) < 4.78 is 12.7. The van der Waals surface area contributed by atoms with Crippen LogP contribution in [0.25, 0.3) is 5.69 Å². The molecule has 0 radical (unpaired) electrons. The number of hydrogen-bond donors (Lipinski definition) is 0. The van der Waals surface area contributed by atoms with E-state index in [1.165, 1.54) is 11.8 Å². The van der Waals surface area contributed by atoms with Gasteiger partial charge in [0.25, 0.3) is 0 Å². The van der Waals surface area contributed by atoms with Crippen molar-refractivity contribution in [3.05, 3.63) is 90.1 Å². The summed E-state index contributed by atoms with van der Waals surface area (Å²) in [5.41, 5.74) is 1.98. The zero-order chi connectivity index (χ0) is 22.3. The van der Waals surface area contributed by atoms with Gasteiger partial charge in [0.15, 0.2) is 5.16 Å². The lowest BCUT2D eigenvalue weighted by molar-refractivity contribution is -0.129. The minimum absolute atomic E-state index is 0.00260. The van der Waals surface area contributed by atoms with Crippen LogP contribution in [0.4, 0.5) is 0 Å². The molecule has 0 saturated heterocycles. The summed E-state index contributed by atoms with van der Waals surface area (Å²) >= 11 is 1.37. The van der Waals surface area contributed by atoms with Gasteiger partial charge in [-0.1, -0.05) is 42.1 Å². The first kappa shape index (κ1) is 21.7. The van der Waals surface area contributed by atoms with Crippen LogP contribution in [0.15, 0.2) is 82.6 Å². The summed E-state index contributed by atoms with van der Waals surface area (Å²) in [6, 6.07) is 21.3. The Morgan fingerprint density at radius 3 is 2.50 bits per heavy atom. The molecule has 0 aliphatic rings. The van der Waals surface area contributed by atoms with Gasteiger partial charge in [0.2, 0.25) is 5.91 Å². The molecule has 7 nitrogen and oxygen atoms in total. The second-order valence-electron chi connectivity index (χ2n) is 7.17. The number of nitrogens with zero attached hydrogens (tertiary/aromatic N) is 4. The number of thioether (sulfide) groups is 1. The number of furan rings is 1. The molecule has 2 heterocycles. The topological polar surface area (TPSA) is 73.4 Å². The van der Waals surface area contributed by atoms with Crippen molar-refractivity contribution in [1.82, 2.24) is 19.7 Å². The van der Waals surface area contributed by atoms with Crippen LogP contribution in [0.1, 0.15) is 17.1 Å². The average Bonchev–Trinajstić information content (AvgIpc) is 3.47. The SMILES string of the molecule is COc1ccc(-n2c(C)nnc2SCC(=O)N(Cc2ccccc2)Cc2ccco2)cc1. The minimum atomic E-state index is -0.00260. The number of aryl methyl sites for hydroxylation is 1. The lowest BCUT2D eigenvalue weighted by Crippen LogP contribution is -2.31. The predicted octanol–water partition coefficient (Wildman–Crippen LogP) is 4.50. The van der Waals surface area contributed by atoms with E-state index in [0.29, 0.717) is 18.2 Å². The Balaban J connectivity index is 1.49. The number of amides is 1. The fourth-order valence-corrected chi connectivity index (χ4v) is 4.21. The molecule has 4 rings (SSSR count). The average molecular weight is 449 g/mol. The van der Waals surface area contributed by atoms with Crippen LogP contribution >= 0.6 is 11.8 Å². The van der Waals surface area contributed by atoms with Gasteiger partial charge in [0, 0.05) is 12.2 Å². The van der Waals surface area contributed by atoms with Crippen LogP contribution in [0.3, 0.4) is 0 Å². The van der Waals surface area contributed by atoms with Crippen LogP contribution in [-0.2, 0) is 17.9 Å². The van der Waals surface area contributed by atoms with Gasteiger partial charge in [0.05, 0.1) is 25.7 Å². The maximum Gasteiger partial charge on any atom is 0.233 e. The summed E-state index contributed by atoms with van der Waals surface area (Å²) in [6.45, 7) is 2.80. The monoisotopic (exact) mass is 448 g/mol. The van der Waals surface area contributed by atoms with Gasteiger partial charge >= 0.3 is 0 Å². The zero-order valence-corrected chi connectivity index (χ0v) is 18.8. The molecule has 0 aliphatic carbocycles. The van der Waals surface area contributed by atoms with E-state index in [1.54, 1.807) is 18.3 Å². The van der Waals surface area contributed by atoms with Crippen molar-refractivity contribution in [1.29, 1.82) is 0 Å². The molecule has 0 aliphatic heterocycles. The molecule has 0 spiro atoms. The number of ether oxygens (including phenoxy) is 1. The van der Waals surface area contributed by atoms with Crippen LogP contribution in [0.5, 0.6) is 5.75 Å². The number of hydrogen-bond acceptors (Lipinski definition) is 6. The predicted molar refractivity (Wildman–Crippen MR) is 123 cm³/mol. The maximum absolute atomic E-state index is 13.2. The van der Waals surface area contributed by atoms with Gasteiger partial charge in [-0.05, 0) is 48.9 Å². The Bertz CT molecular complexity index is 1140. The third-order valence-electron chi connectivity index (χ3n) is 4.95. The van der Waals surface area contributed by atoms with Crippen molar-refractivity contribution >= 4 is 17.7 Å². The van der Waals surface area contributed by atoms with E-state index in [0.717, 1.165) is 28.6 Å². The largest absolute Gasteiger partial charge is 0.497 e. The highest BCUT2D eigenvalue weighted by molar-refractivity contribution is 7.99. The summed E-state index contributed by atoms with van der Waals surface area (Å²) in [5.74, 6) is 2.51. The Labute approximate surface area is 191 Å². The number of benzene rings is 2. The fraction of sp³-hybridized carbons (Fsp3) is 0.208. The molecule has 0 unspecified atom stereocenters. The molecule has 0 N–H and O–H groups in total. The Morgan fingerprint density at radius 1 is 1.03 bits per heavy atom. The molecule has 0 fully saturated rings. The molecule has 1 amide bonds. The second-order valence-corrected chi connectivity index (χ2v) is 8.11. The maximum atomic E-state index is 13.2. The number of aromatic nitrogens is 3. The molecule has 164 valence electrons. The first-order chi connectivity index (χ1) is 15.6. The van der Waals surface area contributed by atoms with E-state index in [2.05, 4.69) is 10.2 Å². The highest BCUT2D eigenvalue weighted by Gasteiger charge is 2.19. The molecular weight excluding hydrogens is 424 g/mol. The van der Waals surface area contributed by atoms with Crippen molar-refractivity contribution < 1.29 is 13.9 Å². The lowest BCUT2D eigenvalue weighted by Gasteiger charge is -2.22. The molecule has 2 aromatic heterocycles. The van der Waals surface area contributed by atoms with Crippen LogP contribution in [-0.4, -0.2) is 38.4 Å². The number of rotatable bonds is 9. The Morgan fingerprint density at radius 2 is 1.81 bits per heavy atom. The highest BCUT2D eigenvalue weighted by Crippen LogP contribution is 2.24. The van der Waals surface area contributed by atoms with Gasteiger partial charge in [-0.2, -0.15) is 0 Å². The third kappa shape index (κ3) is 5.20. The van der Waals surface area contributed by atoms with E-state index >= 15 is 0 Å². The minimum Gasteiger partial charge on any atom is -0.497 e. The van der Waals surface area contributed by atoms with E-state index in [1.807, 2.05) is 78.2 Å². The van der Waals surface area contributed by atoms with Crippen LogP contribution in [0, 0.1) is 6.92 Å². The Kier molecular flexibility index (Phi) is 6.91. The summed E-state index contributed by atoms with van der Waals surface area (Å²) in [7, 11) is 1.63. The van der Waals surface area contributed by atoms with Crippen molar-refractivity contribution in [2.75, 3.05) is 12.9 Å². The van der Waals surface area contributed by atoms with Gasteiger partial charge in [-0.25, -0.2) is 0 Å². The zero-order valence-electron chi connectivity index (χ0n) is 18.0. The number of carbonyl (C=O) groups is 1. The van der Waals surface area contributed by atoms with Crippen molar-refractivity contribution in [2.24, 2.45) is 0 Å². The van der Waals surface area contributed by atoms with Gasteiger partial charge < -0.3 is 14.1 Å². The van der Waals surface area contributed by atoms with Gasteiger partial charge in [-0.3, -0.25) is 9.36 Å². The van der Waals surface area contributed by atoms with Crippen molar-refractivity contribution in [3.63, 3.8) is 0 Å². The van der Waals surface area contributed by atoms with Crippen molar-refractivity contribution in [3.8, 4) is 11.4 Å². The molecule has 32 heavy (non-hydrogen) atoms. The molecular formula is C24H24N4O3S. The second kappa shape index (κ2) is 10.2. The quantitative estimate of drug-likeness (QED) is 0.351. The normalized spacial score (nSPS) is 10.8. The fourth-order valence-electron chi connectivity index (χ4n) is 3.31. The smallest absolute Gasteiger partial charge is 0.233 e. The van der Waals surface area contributed by atoms with E-state index in [-0.39, 0.29) is 11.7 Å². The van der Waals surface area contributed by atoms with Gasteiger partial charge in [-0.15, -0.1) is 10.2 Å². The standard InChI is InChI=1S/C24H24N4O3S/c1-18-25-26-24(28(18)20-10-12-21(30-2)13-11-20)32-17-23(29)27(16-22-9-6-14-31-22)15-19-7-4-3-5-8-19/h3-14H,15-17H2,1-2H3. The molecule has 8 heteroatoms. The molecule has 0 bridgehead atoms. The summed E-state index contributed by atoms with van der Waals surface area (Å²) in [6.07, 6.45) is 1.62. The first-order valence-corrected chi connectivity index (χ1v) is 11.2. The van der Waals surface area contributed by atoms with E-state index in [4.69, 9.17) is 9.15 Å². The van der Waals surface area contributed by atoms with E-state index < -0.39 is 0 Å². The Hall–Kier alpha value is -3.52. The highest BCUT2D eigenvalue weighted by atomic mass is 32.2. The molecule has 2 aromatic carbocycles. The third-order valence-corrected chi connectivity index (χ3v) is 5.86. The number of methoxy groups -OCH3 is 1. The van der Waals surface area contributed by atoms with E-state index in [9.17, 15) is 4.79 Å². The van der Waals surface area contributed by atoms with Crippen molar-refractivity contribution in [2.45, 2.75) is 25.2 Å². The van der Waals surface area contributed by atoms with Gasteiger partial charge in [0.1, 0.15) is 17.3 Å². The van der Waals surface area contributed by atoms with Crippen LogP contribution in [0.2, 0.25) is 0 Å².